The molecule has 0 aromatic heterocycles. The van der Waals surface area contributed by atoms with E-state index in [1.807, 2.05) is 66.7 Å². The molecule has 188 valence electrons. The van der Waals surface area contributed by atoms with Crippen LogP contribution in [-0.4, -0.2) is 29.5 Å². The van der Waals surface area contributed by atoms with Gasteiger partial charge in [-0.3, -0.25) is 14.4 Å². The summed E-state index contributed by atoms with van der Waals surface area (Å²) in [6.45, 7) is 2.78. The van der Waals surface area contributed by atoms with E-state index in [-0.39, 0.29) is 24.7 Å². The molecule has 0 aliphatic rings. The van der Waals surface area contributed by atoms with Crippen molar-refractivity contribution in [2.24, 2.45) is 0 Å². The number of anilines is 2. The third-order valence-corrected chi connectivity index (χ3v) is 6.45. The van der Waals surface area contributed by atoms with Gasteiger partial charge in [0.25, 0.3) is 0 Å². The quantitative estimate of drug-likeness (QED) is 0.190. The molecule has 0 saturated carbocycles. The molecular formula is C28H30N2O5S. The molecule has 3 aromatic carbocycles. The summed E-state index contributed by atoms with van der Waals surface area (Å²) in [6, 6.07) is 24.0. The molecule has 3 N–H and O–H groups in total. The van der Waals surface area contributed by atoms with Gasteiger partial charge >= 0.3 is 5.97 Å². The Balaban J connectivity index is 1.66. The van der Waals surface area contributed by atoms with Crippen LogP contribution in [0, 0.1) is 0 Å². The summed E-state index contributed by atoms with van der Waals surface area (Å²) >= 11 is 1.40. The van der Waals surface area contributed by atoms with Crippen LogP contribution in [-0.2, 0) is 14.4 Å². The van der Waals surface area contributed by atoms with Crippen molar-refractivity contribution < 1.29 is 24.2 Å². The van der Waals surface area contributed by atoms with E-state index < -0.39 is 11.2 Å². The Bertz CT molecular complexity index is 1130. The zero-order valence-corrected chi connectivity index (χ0v) is 20.9. The Labute approximate surface area is 215 Å². The zero-order chi connectivity index (χ0) is 25.8. The number of amides is 2. The maximum atomic E-state index is 13.3. The van der Waals surface area contributed by atoms with Crippen molar-refractivity contribution in [2.75, 3.05) is 17.2 Å². The van der Waals surface area contributed by atoms with Gasteiger partial charge in [0.1, 0.15) is 11.0 Å². The molecule has 2 amide bonds. The molecule has 3 aromatic rings. The third-order valence-electron chi connectivity index (χ3n) is 5.19. The van der Waals surface area contributed by atoms with Gasteiger partial charge in [0.05, 0.1) is 13.0 Å². The first kappa shape index (κ1) is 26.8. The van der Waals surface area contributed by atoms with E-state index in [2.05, 4.69) is 17.6 Å². The average Bonchev–Trinajstić information content (AvgIpc) is 2.88. The third kappa shape index (κ3) is 8.78. The maximum Gasteiger partial charge on any atom is 0.303 e. The van der Waals surface area contributed by atoms with Crippen molar-refractivity contribution in [3.8, 4) is 5.75 Å². The minimum atomic E-state index is -1.02. The van der Waals surface area contributed by atoms with Crippen molar-refractivity contribution in [1.29, 1.82) is 0 Å². The number of nitrogens with one attached hydrogen (secondary N) is 2. The van der Waals surface area contributed by atoms with Gasteiger partial charge in [0.15, 0.2) is 0 Å². The van der Waals surface area contributed by atoms with Gasteiger partial charge in [-0.2, -0.15) is 0 Å². The van der Waals surface area contributed by atoms with Crippen LogP contribution in [0.5, 0.6) is 5.75 Å². The molecule has 0 heterocycles. The normalized spacial score (nSPS) is 11.4. The monoisotopic (exact) mass is 506 g/mol. The van der Waals surface area contributed by atoms with Gasteiger partial charge < -0.3 is 20.5 Å². The van der Waals surface area contributed by atoms with Crippen LogP contribution in [0.15, 0.2) is 83.8 Å². The first-order valence-electron chi connectivity index (χ1n) is 11.8. The second-order valence-corrected chi connectivity index (χ2v) is 9.27. The lowest BCUT2D eigenvalue weighted by molar-refractivity contribution is -0.138. The summed E-state index contributed by atoms with van der Waals surface area (Å²) in [6.07, 6.45) is 1.75. The number of rotatable bonds is 13. The van der Waals surface area contributed by atoms with Gasteiger partial charge in [-0.25, -0.2) is 0 Å². The summed E-state index contributed by atoms with van der Waals surface area (Å²) in [5, 5.41) is 13.9. The number of aliphatic carboxylic acids is 1. The van der Waals surface area contributed by atoms with Gasteiger partial charge in [0, 0.05) is 22.7 Å². The summed E-state index contributed by atoms with van der Waals surface area (Å²) in [7, 11) is 0. The molecule has 0 radical (unpaired) electrons. The fourth-order valence-electron chi connectivity index (χ4n) is 3.27. The summed E-state index contributed by atoms with van der Waals surface area (Å²) in [4.78, 5) is 36.6. The van der Waals surface area contributed by atoms with E-state index >= 15 is 0 Å². The lowest BCUT2D eigenvalue weighted by atomic mass is 10.1. The number of hydrogen-bond donors (Lipinski definition) is 3. The number of benzene rings is 3. The molecule has 0 aliphatic carbocycles. The highest BCUT2D eigenvalue weighted by molar-refractivity contribution is 8.00. The predicted octanol–water partition coefficient (Wildman–Crippen LogP) is 6.14. The largest absolute Gasteiger partial charge is 0.494 e. The average molecular weight is 507 g/mol. The van der Waals surface area contributed by atoms with E-state index in [1.165, 1.54) is 11.8 Å². The van der Waals surface area contributed by atoms with Gasteiger partial charge in [-0.05, 0) is 60.5 Å². The van der Waals surface area contributed by atoms with Crippen LogP contribution in [0.2, 0.25) is 0 Å². The maximum absolute atomic E-state index is 13.3. The molecule has 8 heteroatoms. The number of carboxylic acid groups (broad SMARTS) is 1. The number of ether oxygens (including phenoxy) is 1. The van der Waals surface area contributed by atoms with Gasteiger partial charge in [-0.1, -0.05) is 43.7 Å². The van der Waals surface area contributed by atoms with Crippen LogP contribution in [0.25, 0.3) is 0 Å². The van der Waals surface area contributed by atoms with E-state index in [9.17, 15) is 14.4 Å². The number of carbonyl (C=O) groups excluding carboxylic acids is 2. The first-order chi connectivity index (χ1) is 17.4. The SMILES string of the molecule is CCCCOc1ccc(NC(=O)C(Sc2ccc(NC(=O)CCC(=O)O)cc2)c2ccccc2)cc1. The highest BCUT2D eigenvalue weighted by atomic mass is 32.2. The standard InChI is InChI=1S/C28H30N2O5S/c1-2-3-19-35-23-13-9-22(10-14-23)30-28(34)27(20-7-5-4-6-8-20)36-24-15-11-21(12-16-24)29-25(31)17-18-26(32)33/h4-16,27H,2-3,17-19H2,1H3,(H,29,31)(H,30,34)(H,32,33). The Morgan fingerprint density at radius 3 is 2.14 bits per heavy atom. The molecule has 1 atom stereocenters. The van der Waals surface area contributed by atoms with Crippen molar-refractivity contribution in [1.82, 2.24) is 0 Å². The smallest absolute Gasteiger partial charge is 0.303 e. The fourth-order valence-corrected chi connectivity index (χ4v) is 4.30. The highest BCUT2D eigenvalue weighted by Gasteiger charge is 2.22. The molecule has 0 saturated heterocycles. The minimum absolute atomic E-state index is 0.0894. The second-order valence-electron chi connectivity index (χ2n) is 8.09. The van der Waals surface area contributed by atoms with Crippen LogP contribution >= 0.6 is 11.8 Å². The van der Waals surface area contributed by atoms with Crippen molar-refractivity contribution in [3.05, 3.63) is 84.4 Å². The molecule has 1 unspecified atom stereocenters. The van der Waals surface area contributed by atoms with Crippen LogP contribution < -0.4 is 15.4 Å². The topological polar surface area (TPSA) is 105 Å². The molecular weight excluding hydrogens is 476 g/mol. The lowest BCUT2D eigenvalue weighted by Gasteiger charge is -2.18. The second kappa shape index (κ2) is 13.9. The van der Waals surface area contributed by atoms with Crippen molar-refractivity contribution in [2.45, 2.75) is 42.8 Å². The molecule has 0 fully saturated rings. The molecule has 0 bridgehead atoms. The number of carboxylic acids is 1. The summed E-state index contributed by atoms with van der Waals surface area (Å²) in [5.41, 5.74) is 2.12. The minimum Gasteiger partial charge on any atom is -0.494 e. The molecule has 7 nitrogen and oxygen atoms in total. The Kier molecular flexibility index (Phi) is 10.4. The highest BCUT2D eigenvalue weighted by Crippen LogP contribution is 2.36. The fraction of sp³-hybridized carbons (Fsp3) is 0.250. The van der Waals surface area contributed by atoms with Crippen LogP contribution in [0.1, 0.15) is 43.4 Å². The lowest BCUT2D eigenvalue weighted by Crippen LogP contribution is -2.19. The van der Waals surface area contributed by atoms with E-state index in [0.717, 1.165) is 29.1 Å². The number of carbonyl (C=O) groups is 3. The Hall–Kier alpha value is -3.78. The molecule has 0 aliphatic heterocycles. The van der Waals surface area contributed by atoms with Crippen molar-refractivity contribution >= 4 is 40.9 Å². The van der Waals surface area contributed by atoms with Gasteiger partial charge in [-0.15, -0.1) is 11.8 Å². The van der Waals surface area contributed by atoms with E-state index in [4.69, 9.17) is 9.84 Å². The van der Waals surface area contributed by atoms with E-state index in [0.29, 0.717) is 18.0 Å². The first-order valence-corrected chi connectivity index (χ1v) is 12.7. The molecule has 0 spiro atoms. The zero-order valence-electron chi connectivity index (χ0n) is 20.1. The van der Waals surface area contributed by atoms with Crippen LogP contribution in [0.3, 0.4) is 0 Å². The Morgan fingerprint density at radius 2 is 1.50 bits per heavy atom. The van der Waals surface area contributed by atoms with Gasteiger partial charge in [0.2, 0.25) is 11.8 Å². The predicted molar refractivity (Wildman–Crippen MR) is 142 cm³/mol. The number of hydrogen-bond acceptors (Lipinski definition) is 5. The molecule has 36 heavy (non-hydrogen) atoms. The number of unbranched alkanes of at least 4 members (excludes halogenated alkanes) is 1. The number of thioether (sulfide) groups is 1. The van der Waals surface area contributed by atoms with E-state index in [1.54, 1.807) is 12.1 Å². The molecule has 3 rings (SSSR count). The van der Waals surface area contributed by atoms with Crippen molar-refractivity contribution in [3.63, 3.8) is 0 Å². The Morgan fingerprint density at radius 1 is 0.861 bits per heavy atom. The van der Waals surface area contributed by atoms with Crippen LogP contribution in [0.4, 0.5) is 11.4 Å². The summed E-state index contributed by atoms with van der Waals surface area (Å²) < 4.78 is 5.69. The summed E-state index contributed by atoms with van der Waals surface area (Å²) in [5.74, 6) is -0.762.